The number of hydrogen-bond donors (Lipinski definition) is 1. The molecule has 2 rings (SSSR count). The highest BCUT2D eigenvalue weighted by atomic mass is 35.5. The second-order valence-corrected chi connectivity index (χ2v) is 5.05. The van der Waals surface area contributed by atoms with Gasteiger partial charge in [0.05, 0.1) is 21.8 Å². The van der Waals surface area contributed by atoms with Crippen LogP contribution < -0.4 is 5.32 Å². The second kappa shape index (κ2) is 7.35. The van der Waals surface area contributed by atoms with E-state index < -0.39 is 35.8 Å². The van der Waals surface area contributed by atoms with Crippen LogP contribution in [0.25, 0.3) is 0 Å². The number of ether oxygens (including phenoxy) is 1. The Morgan fingerprint density at radius 1 is 1.04 bits per heavy atom. The normalized spacial score (nSPS) is 11.0. The number of rotatable bonds is 4. The van der Waals surface area contributed by atoms with Gasteiger partial charge in [-0.3, -0.25) is 4.79 Å². The van der Waals surface area contributed by atoms with Crippen LogP contribution in [0.1, 0.15) is 15.9 Å². The molecule has 0 spiro atoms. The Kier molecular flexibility index (Phi) is 5.46. The molecule has 0 aliphatic heterocycles. The van der Waals surface area contributed by atoms with Gasteiger partial charge in [-0.05, 0) is 24.3 Å². The highest BCUT2D eigenvalue weighted by molar-refractivity contribution is 6.33. The van der Waals surface area contributed by atoms with Crippen molar-refractivity contribution in [1.29, 1.82) is 0 Å². The molecule has 0 bridgehead atoms. The van der Waals surface area contributed by atoms with Crippen molar-refractivity contribution in [2.75, 3.05) is 11.9 Å². The number of carbonyl (C=O) groups is 2. The van der Waals surface area contributed by atoms with Gasteiger partial charge >= 0.3 is 12.1 Å². The molecule has 0 heterocycles. The van der Waals surface area contributed by atoms with Crippen LogP contribution in [-0.2, 0) is 15.7 Å². The zero-order valence-electron chi connectivity index (χ0n) is 12.1. The number of alkyl halides is 3. The number of benzene rings is 2. The molecule has 0 aliphatic carbocycles. The molecule has 0 radical (unpaired) electrons. The molecule has 4 nitrogen and oxygen atoms in total. The van der Waals surface area contributed by atoms with Crippen LogP contribution >= 0.6 is 11.6 Å². The molecule has 0 saturated carbocycles. The van der Waals surface area contributed by atoms with Crippen molar-refractivity contribution in [2.24, 2.45) is 0 Å². The minimum Gasteiger partial charge on any atom is -0.452 e. The number of esters is 1. The Morgan fingerprint density at radius 2 is 1.67 bits per heavy atom. The van der Waals surface area contributed by atoms with Gasteiger partial charge in [-0.15, -0.1) is 0 Å². The van der Waals surface area contributed by atoms with Crippen LogP contribution in [0.2, 0.25) is 5.02 Å². The van der Waals surface area contributed by atoms with Crippen LogP contribution in [0.15, 0.2) is 48.5 Å². The summed E-state index contributed by atoms with van der Waals surface area (Å²) in [6, 6.07) is 10.5. The smallest absolute Gasteiger partial charge is 0.417 e. The first-order chi connectivity index (χ1) is 11.3. The van der Waals surface area contributed by atoms with Crippen molar-refractivity contribution >= 4 is 29.2 Å². The summed E-state index contributed by atoms with van der Waals surface area (Å²) in [5, 5.41) is 2.67. The van der Waals surface area contributed by atoms with Crippen LogP contribution in [0.5, 0.6) is 0 Å². The maximum Gasteiger partial charge on any atom is 0.417 e. The van der Waals surface area contributed by atoms with Gasteiger partial charge in [-0.1, -0.05) is 35.9 Å². The molecule has 1 N–H and O–H groups in total. The lowest BCUT2D eigenvalue weighted by Gasteiger charge is -2.12. The largest absolute Gasteiger partial charge is 0.452 e. The zero-order valence-corrected chi connectivity index (χ0v) is 12.8. The number of halogens is 4. The predicted octanol–water partition coefficient (Wildman–Crippen LogP) is 4.15. The van der Waals surface area contributed by atoms with E-state index in [-0.39, 0.29) is 5.02 Å². The number of para-hydroxylation sites is 1. The van der Waals surface area contributed by atoms with E-state index in [1.54, 1.807) is 18.2 Å². The van der Waals surface area contributed by atoms with Gasteiger partial charge in [-0.25, -0.2) is 4.79 Å². The van der Waals surface area contributed by atoms with Crippen LogP contribution in [0.3, 0.4) is 0 Å². The molecule has 0 atom stereocenters. The number of anilines is 1. The molecule has 1 amide bonds. The highest BCUT2D eigenvalue weighted by Gasteiger charge is 2.35. The molecule has 0 fully saturated rings. The first kappa shape index (κ1) is 17.8. The Balaban J connectivity index is 2.01. The molecule has 0 unspecified atom stereocenters. The Bertz CT molecular complexity index is 762. The summed E-state index contributed by atoms with van der Waals surface area (Å²) in [4.78, 5) is 23.5. The first-order valence-electron chi connectivity index (χ1n) is 6.67. The summed E-state index contributed by atoms with van der Waals surface area (Å²) < 4.78 is 43.2. The second-order valence-electron chi connectivity index (χ2n) is 4.65. The van der Waals surface area contributed by atoms with Gasteiger partial charge in [0.15, 0.2) is 6.61 Å². The van der Waals surface area contributed by atoms with Gasteiger partial charge in [0, 0.05) is 0 Å². The fourth-order valence-electron chi connectivity index (χ4n) is 1.87. The molecule has 2 aromatic carbocycles. The first-order valence-corrected chi connectivity index (χ1v) is 7.04. The van der Waals surface area contributed by atoms with Gasteiger partial charge in [0.1, 0.15) is 0 Å². The van der Waals surface area contributed by atoms with Crippen LogP contribution in [-0.4, -0.2) is 18.5 Å². The van der Waals surface area contributed by atoms with Crippen LogP contribution in [0, 0.1) is 0 Å². The maximum absolute atomic E-state index is 12.8. The van der Waals surface area contributed by atoms with Crippen molar-refractivity contribution in [3.8, 4) is 0 Å². The Morgan fingerprint density at radius 3 is 2.33 bits per heavy atom. The third-order valence-electron chi connectivity index (χ3n) is 2.93. The third kappa shape index (κ3) is 4.48. The van der Waals surface area contributed by atoms with Gasteiger partial charge < -0.3 is 10.1 Å². The van der Waals surface area contributed by atoms with Crippen LogP contribution in [0.4, 0.5) is 18.9 Å². The van der Waals surface area contributed by atoms with E-state index in [4.69, 9.17) is 11.6 Å². The minimum absolute atomic E-state index is 0.277. The molecule has 126 valence electrons. The van der Waals surface area contributed by atoms with E-state index in [9.17, 15) is 22.8 Å². The fraction of sp³-hybridized carbons (Fsp3) is 0.125. The lowest BCUT2D eigenvalue weighted by molar-refractivity contribution is -0.138. The number of carbonyl (C=O) groups excluding carboxylic acids is 2. The molecular weight excluding hydrogens is 347 g/mol. The molecule has 0 aromatic heterocycles. The molecule has 24 heavy (non-hydrogen) atoms. The topological polar surface area (TPSA) is 55.4 Å². The summed E-state index contributed by atoms with van der Waals surface area (Å²) in [5.41, 5.74) is -1.48. The van der Waals surface area contributed by atoms with Gasteiger partial charge in [0.25, 0.3) is 5.91 Å². The highest BCUT2D eigenvalue weighted by Crippen LogP contribution is 2.32. The summed E-state index contributed by atoms with van der Waals surface area (Å²) in [7, 11) is 0. The van der Waals surface area contributed by atoms with Crippen molar-refractivity contribution in [2.45, 2.75) is 6.18 Å². The SMILES string of the molecule is O=C(COC(=O)c1ccccc1C(F)(F)F)Nc1ccccc1Cl. The maximum atomic E-state index is 12.8. The molecule has 0 aliphatic rings. The number of nitrogens with one attached hydrogen (secondary N) is 1. The molecule has 2 aromatic rings. The number of hydrogen-bond acceptors (Lipinski definition) is 3. The lowest BCUT2D eigenvalue weighted by Crippen LogP contribution is -2.22. The minimum atomic E-state index is -4.70. The summed E-state index contributed by atoms with van der Waals surface area (Å²) in [6.07, 6.45) is -4.70. The van der Waals surface area contributed by atoms with Gasteiger partial charge in [0.2, 0.25) is 0 Å². The summed E-state index contributed by atoms with van der Waals surface area (Å²) in [5.74, 6) is -1.96. The number of amides is 1. The Hall–Kier alpha value is -2.54. The lowest BCUT2D eigenvalue weighted by atomic mass is 10.1. The average Bonchev–Trinajstić information content (AvgIpc) is 2.54. The Labute approximate surface area is 140 Å². The fourth-order valence-corrected chi connectivity index (χ4v) is 2.05. The standard InChI is InChI=1S/C16H11ClF3NO3/c17-12-7-3-4-8-13(12)21-14(22)9-24-15(23)10-5-1-2-6-11(10)16(18,19)20/h1-8H,9H2,(H,21,22). The zero-order chi connectivity index (χ0) is 17.7. The average molecular weight is 358 g/mol. The molecule has 0 saturated heterocycles. The van der Waals surface area contributed by atoms with Gasteiger partial charge in [-0.2, -0.15) is 13.2 Å². The van der Waals surface area contributed by atoms with Crippen molar-refractivity contribution in [3.05, 3.63) is 64.7 Å². The van der Waals surface area contributed by atoms with Crippen molar-refractivity contribution < 1.29 is 27.5 Å². The molecule has 8 heteroatoms. The van der Waals surface area contributed by atoms with E-state index in [1.165, 1.54) is 12.1 Å². The monoisotopic (exact) mass is 357 g/mol. The van der Waals surface area contributed by atoms with E-state index in [2.05, 4.69) is 10.1 Å². The van der Waals surface area contributed by atoms with E-state index in [0.717, 1.165) is 18.2 Å². The summed E-state index contributed by atoms with van der Waals surface area (Å²) in [6.45, 7) is -0.740. The van der Waals surface area contributed by atoms with Crippen molar-refractivity contribution in [3.63, 3.8) is 0 Å². The molecular formula is C16H11ClF3NO3. The van der Waals surface area contributed by atoms with E-state index >= 15 is 0 Å². The summed E-state index contributed by atoms with van der Waals surface area (Å²) >= 11 is 5.85. The van der Waals surface area contributed by atoms with E-state index in [1.807, 2.05) is 0 Å². The van der Waals surface area contributed by atoms with E-state index in [0.29, 0.717) is 5.69 Å². The van der Waals surface area contributed by atoms with Crippen molar-refractivity contribution in [1.82, 2.24) is 0 Å². The predicted molar refractivity (Wildman–Crippen MR) is 81.8 cm³/mol. The quantitative estimate of drug-likeness (QED) is 0.836. The third-order valence-corrected chi connectivity index (χ3v) is 3.26.